The zero-order chi connectivity index (χ0) is 15.2. The van der Waals surface area contributed by atoms with E-state index < -0.39 is 0 Å². The predicted molar refractivity (Wildman–Crippen MR) is 88.8 cm³/mol. The van der Waals surface area contributed by atoms with Gasteiger partial charge >= 0.3 is 0 Å². The molecule has 118 valence electrons. The normalized spacial score (nSPS) is 33.6. The summed E-state index contributed by atoms with van der Waals surface area (Å²) in [5.74, 6) is 0.726. The molecule has 22 heavy (non-hydrogen) atoms. The highest BCUT2D eigenvalue weighted by atomic mass is 16.2. The summed E-state index contributed by atoms with van der Waals surface area (Å²) in [4.78, 5) is 15.4. The van der Waals surface area contributed by atoms with Crippen molar-refractivity contribution < 1.29 is 4.79 Å². The molecule has 2 nitrogen and oxygen atoms in total. The van der Waals surface area contributed by atoms with Crippen molar-refractivity contribution in [3.05, 3.63) is 35.4 Å². The van der Waals surface area contributed by atoms with Crippen LogP contribution in [0.3, 0.4) is 0 Å². The Morgan fingerprint density at radius 2 is 2.14 bits per heavy atom. The number of hydrogen-bond acceptors (Lipinski definition) is 1. The van der Waals surface area contributed by atoms with Crippen LogP contribution in [0.5, 0.6) is 0 Å². The van der Waals surface area contributed by atoms with Gasteiger partial charge in [-0.2, -0.15) is 0 Å². The highest BCUT2D eigenvalue weighted by molar-refractivity contribution is 5.85. The van der Waals surface area contributed by atoms with Crippen LogP contribution < -0.4 is 0 Å². The van der Waals surface area contributed by atoms with E-state index in [1.807, 2.05) is 0 Å². The van der Waals surface area contributed by atoms with Gasteiger partial charge in [0.15, 0.2) is 0 Å². The molecule has 1 saturated carbocycles. The molecule has 2 aliphatic carbocycles. The number of fused-ring (bicyclic) bond motifs is 2. The molecule has 3 aliphatic rings. The molecular formula is C20H27NO. The SMILES string of the molecule is CC[C@@H]1CCCCN1C(=O)[C@H]1C[C@@]12CCCc1ccccc12. The molecule has 0 aromatic heterocycles. The Bertz CT molecular complexity index is 581. The molecular weight excluding hydrogens is 270 g/mol. The number of carbonyl (C=O) groups excluding carboxylic acids is 1. The Morgan fingerprint density at radius 3 is 3.00 bits per heavy atom. The number of amides is 1. The monoisotopic (exact) mass is 297 g/mol. The van der Waals surface area contributed by atoms with E-state index in [2.05, 4.69) is 36.1 Å². The number of carbonyl (C=O) groups is 1. The summed E-state index contributed by atoms with van der Waals surface area (Å²) in [6, 6.07) is 9.36. The van der Waals surface area contributed by atoms with Crippen LogP contribution in [-0.2, 0) is 16.6 Å². The van der Waals surface area contributed by atoms with Crippen LogP contribution in [0.15, 0.2) is 24.3 Å². The molecule has 1 amide bonds. The fraction of sp³-hybridized carbons (Fsp3) is 0.650. The number of aryl methyl sites for hydroxylation is 1. The molecule has 3 atom stereocenters. The third kappa shape index (κ3) is 2.11. The summed E-state index contributed by atoms with van der Waals surface area (Å²) in [5.41, 5.74) is 3.18. The average Bonchev–Trinajstić information content (AvgIpc) is 3.29. The maximum atomic E-state index is 13.1. The van der Waals surface area contributed by atoms with Crippen LogP contribution in [0.25, 0.3) is 0 Å². The fourth-order valence-electron chi connectivity index (χ4n) is 5.07. The molecule has 1 heterocycles. The second-order valence-corrected chi connectivity index (χ2v) is 7.51. The third-order valence-electron chi connectivity index (χ3n) is 6.38. The van der Waals surface area contributed by atoms with Crippen molar-refractivity contribution in [1.29, 1.82) is 0 Å². The predicted octanol–water partition coefficient (Wildman–Crippen LogP) is 4.07. The van der Waals surface area contributed by atoms with Gasteiger partial charge in [-0.15, -0.1) is 0 Å². The van der Waals surface area contributed by atoms with Gasteiger partial charge in [0.05, 0.1) is 0 Å². The van der Waals surface area contributed by atoms with E-state index >= 15 is 0 Å². The lowest BCUT2D eigenvalue weighted by Gasteiger charge is -2.36. The Kier molecular flexibility index (Phi) is 3.51. The Balaban J connectivity index is 1.58. The maximum Gasteiger partial charge on any atom is 0.226 e. The number of hydrogen-bond donors (Lipinski definition) is 0. The number of benzene rings is 1. The minimum Gasteiger partial charge on any atom is -0.339 e. The van der Waals surface area contributed by atoms with Gasteiger partial charge in [-0.25, -0.2) is 0 Å². The molecule has 0 unspecified atom stereocenters. The molecule has 0 N–H and O–H groups in total. The molecule has 2 fully saturated rings. The number of piperidine rings is 1. The maximum absolute atomic E-state index is 13.1. The van der Waals surface area contributed by atoms with Crippen LogP contribution in [0, 0.1) is 5.92 Å². The third-order valence-corrected chi connectivity index (χ3v) is 6.38. The molecule has 1 aromatic rings. The highest BCUT2D eigenvalue weighted by Crippen LogP contribution is 2.61. The van der Waals surface area contributed by atoms with E-state index in [0.717, 1.165) is 19.4 Å². The van der Waals surface area contributed by atoms with E-state index in [1.165, 1.54) is 49.7 Å². The quantitative estimate of drug-likeness (QED) is 0.805. The van der Waals surface area contributed by atoms with Gasteiger partial charge in [0, 0.05) is 23.9 Å². The number of nitrogens with zero attached hydrogens (tertiary/aromatic N) is 1. The van der Waals surface area contributed by atoms with Crippen molar-refractivity contribution in [2.75, 3.05) is 6.54 Å². The first kappa shape index (κ1) is 14.3. The van der Waals surface area contributed by atoms with E-state index in [-0.39, 0.29) is 11.3 Å². The minimum atomic E-state index is 0.196. The first-order chi connectivity index (χ1) is 10.8. The summed E-state index contributed by atoms with van der Waals surface area (Å²) in [6.45, 7) is 3.22. The zero-order valence-electron chi connectivity index (χ0n) is 13.7. The Hall–Kier alpha value is -1.31. The van der Waals surface area contributed by atoms with Crippen LogP contribution in [0.2, 0.25) is 0 Å². The lowest BCUT2D eigenvalue weighted by molar-refractivity contribution is -0.136. The lowest BCUT2D eigenvalue weighted by Crippen LogP contribution is -2.45. The van der Waals surface area contributed by atoms with Gasteiger partial charge in [0.2, 0.25) is 5.91 Å². The van der Waals surface area contributed by atoms with Gasteiger partial charge in [-0.1, -0.05) is 31.2 Å². The van der Waals surface area contributed by atoms with E-state index in [9.17, 15) is 4.79 Å². The largest absolute Gasteiger partial charge is 0.339 e. The Labute approximate surface area is 133 Å². The smallest absolute Gasteiger partial charge is 0.226 e. The van der Waals surface area contributed by atoms with Crippen LogP contribution >= 0.6 is 0 Å². The summed E-state index contributed by atoms with van der Waals surface area (Å²) in [5, 5.41) is 0. The second-order valence-electron chi connectivity index (χ2n) is 7.51. The molecule has 1 spiro atoms. The molecule has 1 aromatic carbocycles. The summed E-state index contributed by atoms with van der Waals surface area (Å²) in [7, 11) is 0. The van der Waals surface area contributed by atoms with Crippen molar-refractivity contribution in [2.45, 2.75) is 69.7 Å². The van der Waals surface area contributed by atoms with Crippen LogP contribution in [0.1, 0.15) is 63.0 Å². The first-order valence-corrected chi connectivity index (χ1v) is 9.15. The Morgan fingerprint density at radius 1 is 1.27 bits per heavy atom. The van der Waals surface area contributed by atoms with Gasteiger partial charge in [0.25, 0.3) is 0 Å². The van der Waals surface area contributed by atoms with E-state index in [1.54, 1.807) is 0 Å². The molecule has 0 bridgehead atoms. The van der Waals surface area contributed by atoms with E-state index in [4.69, 9.17) is 0 Å². The van der Waals surface area contributed by atoms with Gasteiger partial charge in [-0.3, -0.25) is 4.79 Å². The van der Waals surface area contributed by atoms with Crippen molar-refractivity contribution in [2.24, 2.45) is 5.92 Å². The molecule has 1 aliphatic heterocycles. The van der Waals surface area contributed by atoms with Crippen molar-refractivity contribution in [3.63, 3.8) is 0 Å². The minimum absolute atomic E-state index is 0.196. The average molecular weight is 297 g/mol. The number of rotatable bonds is 2. The number of likely N-dealkylation sites (tertiary alicyclic amines) is 1. The van der Waals surface area contributed by atoms with Gasteiger partial charge in [0.1, 0.15) is 0 Å². The van der Waals surface area contributed by atoms with Crippen LogP contribution in [-0.4, -0.2) is 23.4 Å². The fourth-order valence-corrected chi connectivity index (χ4v) is 5.07. The van der Waals surface area contributed by atoms with Gasteiger partial charge < -0.3 is 4.90 Å². The summed E-state index contributed by atoms with van der Waals surface area (Å²) < 4.78 is 0. The highest BCUT2D eigenvalue weighted by Gasteiger charge is 2.61. The summed E-state index contributed by atoms with van der Waals surface area (Å²) >= 11 is 0. The topological polar surface area (TPSA) is 20.3 Å². The second kappa shape index (κ2) is 5.40. The molecule has 0 radical (unpaired) electrons. The van der Waals surface area contributed by atoms with E-state index in [0.29, 0.717) is 11.9 Å². The standard InChI is InChI=1S/C20H27NO/c1-2-16-10-5-6-13-21(16)19(22)18-14-20(18)12-7-9-15-8-3-4-11-17(15)20/h3-4,8,11,16,18H,2,5-7,9-10,12-14H2,1H3/t16-,18-,20-/m1/s1. The summed E-state index contributed by atoms with van der Waals surface area (Å²) in [6.07, 6.45) is 9.55. The lowest BCUT2D eigenvalue weighted by atomic mass is 9.78. The molecule has 1 saturated heterocycles. The van der Waals surface area contributed by atoms with Gasteiger partial charge in [-0.05, 0) is 62.5 Å². The van der Waals surface area contributed by atoms with Crippen molar-refractivity contribution >= 4 is 5.91 Å². The molecule has 2 heteroatoms. The zero-order valence-corrected chi connectivity index (χ0v) is 13.7. The van der Waals surface area contributed by atoms with Crippen molar-refractivity contribution in [1.82, 2.24) is 4.90 Å². The first-order valence-electron chi connectivity index (χ1n) is 9.15. The molecule has 4 rings (SSSR count). The van der Waals surface area contributed by atoms with Crippen molar-refractivity contribution in [3.8, 4) is 0 Å². The van der Waals surface area contributed by atoms with Crippen LogP contribution in [0.4, 0.5) is 0 Å².